The summed E-state index contributed by atoms with van der Waals surface area (Å²) in [6.07, 6.45) is 1.45. The van der Waals surface area contributed by atoms with Crippen LogP contribution in [0.5, 0.6) is 0 Å². The lowest BCUT2D eigenvalue weighted by Gasteiger charge is -2.34. The molecule has 2 heterocycles. The summed E-state index contributed by atoms with van der Waals surface area (Å²) < 4.78 is 0.659. The van der Waals surface area contributed by atoms with E-state index in [0.29, 0.717) is 23.4 Å². The van der Waals surface area contributed by atoms with Crippen molar-refractivity contribution in [2.45, 2.75) is 19.8 Å². The number of carbonyl (C=O) groups is 1. The van der Waals surface area contributed by atoms with Crippen LogP contribution in [-0.4, -0.2) is 28.9 Å². The molecule has 1 aromatic heterocycles. The van der Waals surface area contributed by atoms with E-state index < -0.39 is 0 Å². The third kappa shape index (κ3) is 2.70. The Morgan fingerprint density at radius 2 is 2.17 bits per heavy atom. The molecule has 4 nitrogen and oxygen atoms in total. The molecule has 1 aromatic rings. The quantitative estimate of drug-likeness (QED) is 0.749. The number of aromatic nitrogens is 1. The molecular weight excluding hydrogens is 294 g/mol. The zero-order valence-electron chi connectivity index (χ0n) is 10.2. The van der Waals surface area contributed by atoms with Gasteiger partial charge in [-0.05, 0) is 47.8 Å². The second-order valence-electron chi connectivity index (χ2n) is 4.81. The van der Waals surface area contributed by atoms with Crippen LogP contribution < -0.4 is 0 Å². The maximum absolute atomic E-state index is 12.2. The zero-order valence-corrected chi connectivity index (χ0v) is 11.8. The van der Waals surface area contributed by atoms with E-state index in [0.717, 1.165) is 12.8 Å². The SMILES string of the molecule is CC1(C#N)CCN(C(=O)c2cccc(Br)n2)CC1. The highest BCUT2D eigenvalue weighted by Crippen LogP contribution is 2.30. The van der Waals surface area contributed by atoms with Crippen molar-refractivity contribution in [3.63, 3.8) is 0 Å². The number of rotatable bonds is 1. The fraction of sp³-hybridized carbons (Fsp3) is 0.462. The molecule has 1 amide bonds. The van der Waals surface area contributed by atoms with Gasteiger partial charge in [0.2, 0.25) is 0 Å². The van der Waals surface area contributed by atoms with E-state index in [9.17, 15) is 4.79 Å². The lowest BCUT2D eigenvalue weighted by Crippen LogP contribution is -2.41. The number of likely N-dealkylation sites (tertiary alicyclic amines) is 1. The van der Waals surface area contributed by atoms with E-state index in [1.54, 1.807) is 23.1 Å². The van der Waals surface area contributed by atoms with Gasteiger partial charge >= 0.3 is 0 Å². The summed E-state index contributed by atoms with van der Waals surface area (Å²) in [6, 6.07) is 7.63. The Kier molecular flexibility index (Phi) is 3.67. The van der Waals surface area contributed by atoms with E-state index in [4.69, 9.17) is 5.26 Å². The van der Waals surface area contributed by atoms with Crippen molar-refractivity contribution in [3.05, 3.63) is 28.5 Å². The topological polar surface area (TPSA) is 57.0 Å². The fourth-order valence-electron chi connectivity index (χ4n) is 2.00. The molecule has 1 aliphatic rings. The summed E-state index contributed by atoms with van der Waals surface area (Å²) in [5.74, 6) is -0.0590. The maximum atomic E-state index is 12.2. The first kappa shape index (κ1) is 13.0. The van der Waals surface area contributed by atoms with Gasteiger partial charge in [0.25, 0.3) is 5.91 Å². The van der Waals surface area contributed by atoms with Crippen molar-refractivity contribution in [2.75, 3.05) is 13.1 Å². The predicted octanol–water partition coefficient (Wildman–Crippen LogP) is 2.61. The molecule has 0 aliphatic carbocycles. The van der Waals surface area contributed by atoms with Crippen LogP contribution in [0.15, 0.2) is 22.8 Å². The van der Waals surface area contributed by atoms with Crippen molar-refractivity contribution in [1.82, 2.24) is 9.88 Å². The molecule has 0 N–H and O–H groups in total. The molecule has 0 atom stereocenters. The lowest BCUT2D eigenvalue weighted by molar-refractivity contribution is 0.0655. The highest BCUT2D eigenvalue weighted by molar-refractivity contribution is 9.10. The molecule has 0 radical (unpaired) electrons. The van der Waals surface area contributed by atoms with E-state index in [-0.39, 0.29) is 11.3 Å². The molecule has 1 saturated heterocycles. The van der Waals surface area contributed by atoms with Gasteiger partial charge in [0.15, 0.2) is 0 Å². The second-order valence-corrected chi connectivity index (χ2v) is 5.62. The Morgan fingerprint density at radius 3 is 2.72 bits per heavy atom. The van der Waals surface area contributed by atoms with Crippen molar-refractivity contribution < 1.29 is 4.79 Å². The number of carbonyl (C=O) groups excluding carboxylic acids is 1. The third-order valence-corrected chi connectivity index (χ3v) is 3.80. The minimum atomic E-state index is -0.290. The normalized spacial score (nSPS) is 18.2. The molecule has 1 aliphatic heterocycles. The van der Waals surface area contributed by atoms with Crippen LogP contribution in [0.1, 0.15) is 30.3 Å². The number of piperidine rings is 1. The van der Waals surface area contributed by atoms with Gasteiger partial charge in [-0.2, -0.15) is 5.26 Å². The summed E-state index contributed by atoms with van der Waals surface area (Å²) in [5.41, 5.74) is 0.159. The van der Waals surface area contributed by atoms with Crippen molar-refractivity contribution in [2.24, 2.45) is 5.41 Å². The summed E-state index contributed by atoms with van der Waals surface area (Å²) in [7, 11) is 0. The number of amides is 1. The number of nitrogens with zero attached hydrogens (tertiary/aromatic N) is 3. The molecular formula is C13H14BrN3O. The molecule has 18 heavy (non-hydrogen) atoms. The first-order chi connectivity index (χ1) is 8.54. The van der Waals surface area contributed by atoms with Gasteiger partial charge in [-0.1, -0.05) is 6.07 Å². The maximum Gasteiger partial charge on any atom is 0.272 e. The predicted molar refractivity (Wildman–Crippen MR) is 70.8 cm³/mol. The number of halogens is 1. The molecule has 5 heteroatoms. The van der Waals surface area contributed by atoms with E-state index in [1.807, 2.05) is 6.92 Å². The Labute approximate surface area is 115 Å². The Balaban J connectivity index is 2.07. The summed E-state index contributed by atoms with van der Waals surface area (Å²) in [5, 5.41) is 9.06. The standard InChI is InChI=1S/C13H14BrN3O/c1-13(9-15)5-7-17(8-6-13)12(18)10-3-2-4-11(14)16-10/h2-4H,5-8H2,1H3. The highest BCUT2D eigenvalue weighted by Gasteiger charge is 2.32. The van der Waals surface area contributed by atoms with Gasteiger partial charge in [0, 0.05) is 13.1 Å². The minimum absolute atomic E-state index is 0.0590. The van der Waals surface area contributed by atoms with Crippen LogP contribution in [0.25, 0.3) is 0 Å². The van der Waals surface area contributed by atoms with Crippen molar-refractivity contribution >= 4 is 21.8 Å². The molecule has 0 unspecified atom stereocenters. The largest absolute Gasteiger partial charge is 0.337 e. The average Bonchev–Trinajstić information content (AvgIpc) is 2.39. The summed E-state index contributed by atoms with van der Waals surface area (Å²) >= 11 is 3.26. The number of pyridine rings is 1. The molecule has 0 spiro atoms. The molecule has 1 fully saturated rings. The van der Waals surface area contributed by atoms with Crippen LogP contribution in [0.4, 0.5) is 0 Å². The highest BCUT2D eigenvalue weighted by atomic mass is 79.9. The van der Waals surface area contributed by atoms with Gasteiger partial charge in [0.1, 0.15) is 10.3 Å². The number of hydrogen-bond acceptors (Lipinski definition) is 3. The van der Waals surface area contributed by atoms with E-state index in [2.05, 4.69) is 27.0 Å². The van der Waals surface area contributed by atoms with Crippen molar-refractivity contribution in [3.8, 4) is 6.07 Å². The lowest BCUT2D eigenvalue weighted by atomic mass is 9.82. The molecule has 0 aromatic carbocycles. The van der Waals surface area contributed by atoms with Gasteiger partial charge in [0.05, 0.1) is 11.5 Å². The van der Waals surface area contributed by atoms with Gasteiger partial charge in [-0.3, -0.25) is 4.79 Å². The van der Waals surface area contributed by atoms with Crippen LogP contribution in [0.2, 0.25) is 0 Å². The molecule has 94 valence electrons. The van der Waals surface area contributed by atoms with E-state index >= 15 is 0 Å². The average molecular weight is 308 g/mol. The smallest absolute Gasteiger partial charge is 0.272 e. The Bertz CT molecular complexity index is 501. The monoisotopic (exact) mass is 307 g/mol. The first-order valence-electron chi connectivity index (χ1n) is 5.87. The van der Waals surface area contributed by atoms with Crippen LogP contribution in [0, 0.1) is 16.7 Å². The second kappa shape index (κ2) is 5.07. The minimum Gasteiger partial charge on any atom is -0.337 e. The van der Waals surface area contributed by atoms with Crippen molar-refractivity contribution in [1.29, 1.82) is 5.26 Å². The van der Waals surface area contributed by atoms with Gasteiger partial charge in [-0.15, -0.1) is 0 Å². The Morgan fingerprint density at radius 1 is 1.50 bits per heavy atom. The van der Waals surface area contributed by atoms with Crippen LogP contribution >= 0.6 is 15.9 Å². The van der Waals surface area contributed by atoms with E-state index in [1.165, 1.54) is 0 Å². The molecule has 2 rings (SSSR count). The Hall–Kier alpha value is -1.41. The van der Waals surface area contributed by atoms with Crippen LogP contribution in [-0.2, 0) is 0 Å². The first-order valence-corrected chi connectivity index (χ1v) is 6.66. The summed E-state index contributed by atoms with van der Waals surface area (Å²) in [6.45, 7) is 3.19. The number of nitriles is 1. The third-order valence-electron chi connectivity index (χ3n) is 3.36. The molecule has 0 bridgehead atoms. The van der Waals surface area contributed by atoms with Crippen LogP contribution in [0.3, 0.4) is 0 Å². The fourth-order valence-corrected chi connectivity index (χ4v) is 2.35. The van der Waals surface area contributed by atoms with Gasteiger partial charge in [-0.25, -0.2) is 4.98 Å². The van der Waals surface area contributed by atoms with Gasteiger partial charge < -0.3 is 4.90 Å². The number of hydrogen-bond donors (Lipinski definition) is 0. The summed E-state index contributed by atoms with van der Waals surface area (Å²) in [4.78, 5) is 18.1. The molecule has 0 saturated carbocycles. The zero-order chi connectivity index (χ0) is 13.2.